The highest BCUT2D eigenvalue weighted by molar-refractivity contribution is 5.78. The van der Waals surface area contributed by atoms with Crippen molar-refractivity contribution in [3.8, 4) is 0 Å². The third-order valence-corrected chi connectivity index (χ3v) is 3.82. The molecule has 0 aromatic heterocycles. The van der Waals surface area contributed by atoms with E-state index in [0.717, 1.165) is 24.8 Å². The molecule has 1 fully saturated rings. The molecule has 1 aromatic carbocycles. The topological polar surface area (TPSA) is 84.7 Å². The van der Waals surface area contributed by atoms with E-state index in [9.17, 15) is 9.59 Å². The van der Waals surface area contributed by atoms with Crippen LogP contribution in [0.25, 0.3) is 0 Å². The monoisotopic (exact) mass is 305 g/mol. The molecule has 0 unspecified atom stereocenters. The molecule has 0 bridgehead atoms. The number of carbonyl (C=O) groups is 2. The third kappa shape index (κ3) is 4.73. The minimum atomic E-state index is -0.463. The van der Waals surface area contributed by atoms with Crippen molar-refractivity contribution in [2.45, 2.75) is 31.9 Å². The predicted octanol–water partition coefficient (Wildman–Crippen LogP) is 1.25. The van der Waals surface area contributed by atoms with E-state index in [4.69, 9.17) is 10.5 Å². The first kappa shape index (κ1) is 16.3. The number of rotatable bonds is 5. The SMILES string of the molecule is NCC(=O)N1CCCC[C@H]1CNC(=O)OCc1ccccc1. The number of alkyl carbamates (subject to hydrolysis) is 1. The van der Waals surface area contributed by atoms with Gasteiger partial charge in [-0.2, -0.15) is 0 Å². The Kier molecular flexibility index (Phi) is 6.21. The third-order valence-electron chi connectivity index (χ3n) is 3.82. The van der Waals surface area contributed by atoms with Crippen molar-refractivity contribution < 1.29 is 14.3 Å². The van der Waals surface area contributed by atoms with Crippen molar-refractivity contribution in [3.63, 3.8) is 0 Å². The van der Waals surface area contributed by atoms with Gasteiger partial charge in [0.05, 0.1) is 6.54 Å². The second kappa shape index (κ2) is 8.38. The molecule has 2 amide bonds. The van der Waals surface area contributed by atoms with Crippen LogP contribution in [-0.4, -0.2) is 42.6 Å². The van der Waals surface area contributed by atoms with E-state index in [0.29, 0.717) is 13.1 Å². The summed E-state index contributed by atoms with van der Waals surface area (Å²) in [5, 5.41) is 2.74. The zero-order valence-electron chi connectivity index (χ0n) is 12.7. The Balaban J connectivity index is 1.75. The summed E-state index contributed by atoms with van der Waals surface area (Å²) in [5.41, 5.74) is 6.37. The quantitative estimate of drug-likeness (QED) is 0.857. The number of likely N-dealkylation sites (tertiary alicyclic amines) is 1. The minimum absolute atomic E-state index is 0.00840. The molecule has 1 aliphatic heterocycles. The van der Waals surface area contributed by atoms with Gasteiger partial charge in [-0.3, -0.25) is 4.79 Å². The zero-order chi connectivity index (χ0) is 15.8. The molecule has 6 nitrogen and oxygen atoms in total. The van der Waals surface area contributed by atoms with Crippen LogP contribution in [0.1, 0.15) is 24.8 Å². The summed E-state index contributed by atoms with van der Waals surface area (Å²) < 4.78 is 5.16. The van der Waals surface area contributed by atoms with Crippen LogP contribution in [-0.2, 0) is 16.1 Å². The molecule has 2 rings (SSSR count). The molecule has 1 aliphatic rings. The van der Waals surface area contributed by atoms with Crippen molar-refractivity contribution in [2.75, 3.05) is 19.6 Å². The summed E-state index contributed by atoms with van der Waals surface area (Å²) in [4.78, 5) is 25.3. The van der Waals surface area contributed by atoms with Gasteiger partial charge in [0.25, 0.3) is 0 Å². The smallest absolute Gasteiger partial charge is 0.407 e. The Labute approximate surface area is 130 Å². The number of amides is 2. The van der Waals surface area contributed by atoms with Gasteiger partial charge in [-0.1, -0.05) is 30.3 Å². The fraction of sp³-hybridized carbons (Fsp3) is 0.500. The van der Waals surface area contributed by atoms with Crippen LogP contribution in [0.2, 0.25) is 0 Å². The summed E-state index contributed by atoms with van der Waals surface area (Å²) >= 11 is 0. The van der Waals surface area contributed by atoms with Gasteiger partial charge in [-0.15, -0.1) is 0 Å². The lowest BCUT2D eigenvalue weighted by Crippen LogP contribution is -2.51. The maximum absolute atomic E-state index is 11.8. The van der Waals surface area contributed by atoms with E-state index >= 15 is 0 Å². The molecule has 1 heterocycles. The summed E-state index contributed by atoms with van der Waals surface area (Å²) in [6.07, 6.45) is 2.46. The van der Waals surface area contributed by atoms with Gasteiger partial charge in [-0.05, 0) is 24.8 Å². The van der Waals surface area contributed by atoms with Crippen LogP contribution in [0.5, 0.6) is 0 Å². The Hall–Kier alpha value is -2.08. The minimum Gasteiger partial charge on any atom is -0.445 e. The summed E-state index contributed by atoms with van der Waals surface area (Å²) in [6, 6.07) is 9.51. The first-order valence-electron chi connectivity index (χ1n) is 7.65. The van der Waals surface area contributed by atoms with Crippen molar-refractivity contribution in [2.24, 2.45) is 5.73 Å². The highest BCUT2D eigenvalue weighted by Crippen LogP contribution is 2.16. The zero-order valence-corrected chi connectivity index (χ0v) is 12.7. The van der Waals surface area contributed by atoms with Crippen molar-refractivity contribution in [3.05, 3.63) is 35.9 Å². The molecule has 0 radical (unpaired) electrons. The van der Waals surface area contributed by atoms with Gasteiger partial charge >= 0.3 is 6.09 Å². The summed E-state index contributed by atoms with van der Waals surface area (Å²) in [6.45, 7) is 1.36. The molecule has 0 aliphatic carbocycles. The lowest BCUT2D eigenvalue weighted by Gasteiger charge is -2.35. The summed E-state index contributed by atoms with van der Waals surface area (Å²) in [7, 11) is 0. The number of nitrogens with zero attached hydrogens (tertiary/aromatic N) is 1. The van der Waals surface area contributed by atoms with Crippen LogP contribution < -0.4 is 11.1 Å². The number of carbonyl (C=O) groups excluding carboxylic acids is 2. The second-order valence-electron chi connectivity index (χ2n) is 5.38. The first-order chi connectivity index (χ1) is 10.7. The van der Waals surface area contributed by atoms with E-state index in [2.05, 4.69) is 5.32 Å². The Bertz CT molecular complexity index is 493. The molecule has 120 valence electrons. The van der Waals surface area contributed by atoms with Crippen LogP contribution >= 0.6 is 0 Å². The molecule has 22 heavy (non-hydrogen) atoms. The van der Waals surface area contributed by atoms with Crippen LogP contribution in [0.15, 0.2) is 30.3 Å². The summed E-state index contributed by atoms with van der Waals surface area (Å²) in [5.74, 6) is -0.0656. The van der Waals surface area contributed by atoms with E-state index in [1.165, 1.54) is 0 Å². The molecule has 3 N–H and O–H groups in total. The molecular weight excluding hydrogens is 282 g/mol. The highest BCUT2D eigenvalue weighted by atomic mass is 16.5. The van der Waals surface area contributed by atoms with E-state index < -0.39 is 6.09 Å². The maximum atomic E-state index is 11.8. The molecule has 0 saturated carbocycles. The second-order valence-corrected chi connectivity index (χ2v) is 5.38. The molecule has 0 spiro atoms. The van der Waals surface area contributed by atoms with Gasteiger partial charge in [0.2, 0.25) is 5.91 Å². The number of piperidine rings is 1. The number of nitrogens with one attached hydrogen (secondary N) is 1. The lowest BCUT2D eigenvalue weighted by atomic mass is 10.0. The highest BCUT2D eigenvalue weighted by Gasteiger charge is 2.26. The average Bonchev–Trinajstić information content (AvgIpc) is 2.58. The normalized spacial score (nSPS) is 17.9. The van der Waals surface area contributed by atoms with E-state index in [1.54, 1.807) is 4.90 Å². The lowest BCUT2D eigenvalue weighted by molar-refractivity contribution is -0.133. The molecule has 6 heteroatoms. The number of benzene rings is 1. The Morgan fingerprint density at radius 1 is 1.27 bits per heavy atom. The van der Waals surface area contributed by atoms with Crippen molar-refractivity contribution >= 4 is 12.0 Å². The number of hydrogen-bond donors (Lipinski definition) is 2. The molecular formula is C16H23N3O3. The van der Waals surface area contributed by atoms with Gasteiger partial charge in [-0.25, -0.2) is 4.79 Å². The van der Waals surface area contributed by atoms with Crippen LogP contribution in [0, 0.1) is 0 Å². The first-order valence-corrected chi connectivity index (χ1v) is 7.65. The standard InChI is InChI=1S/C16H23N3O3/c17-10-15(20)19-9-5-4-8-14(19)11-18-16(21)22-12-13-6-2-1-3-7-13/h1-3,6-7,14H,4-5,8-12,17H2,(H,18,21)/t14-/m0/s1. The number of nitrogens with two attached hydrogens (primary N) is 1. The van der Waals surface area contributed by atoms with E-state index in [1.807, 2.05) is 30.3 Å². The van der Waals surface area contributed by atoms with Crippen LogP contribution in [0.3, 0.4) is 0 Å². The fourth-order valence-corrected chi connectivity index (χ4v) is 2.63. The molecule has 1 aromatic rings. The largest absolute Gasteiger partial charge is 0.445 e. The van der Waals surface area contributed by atoms with Gasteiger partial charge in [0.1, 0.15) is 6.61 Å². The predicted molar refractivity (Wildman–Crippen MR) is 83.0 cm³/mol. The van der Waals surface area contributed by atoms with Gasteiger partial charge in [0, 0.05) is 19.1 Å². The van der Waals surface area contributed by atoms with Gasteiger partial charge in [0.15, 0.2) is 0 Å². The number of hydrogen-bond acceptors (Lipinski definition) is 4. The fourth-order valence-electron chi connectivity index (χ4n) is 2.63. The average molecular weight is 305 g/mol. The Morgan fingerprint density at radius 2 is 2.05 bits per heavy atom. The van der Waals surface area contributed by atoms with Crippen molar-refractivity contribution in [1.82, 2.24) is 10.2 Å². The molecule has 1 saturated heterocycles. The maximum Gasteiger partial charge on any atom is 0.407 e. The van der Waals surface area contributed by atoms with Crippen molar-refractivity contribution in [1.29, 1.82) is 0 Å². The van der Waals surface area contributed by atoms with E-state index in [-0.39, 0.29) is 25.1 Å². The van der Waals surface area contributed by atoms with Crippen LogP contribution in [0.4, 0.5) is 4.79 Å². The molecule has 1 atom stereocenters. The number of ether oxygens (including phenoxy) is 1. The Morgan fingerprint density at radius 3 is 2.77 bits per heavy atom. The van der Waals surface area contributed by atoms with Gasteiger partial charge < -0.3 is 20.7 Å².